The molecule has 0 saturated carbocycles. The summed E-state index contributed by atoms with van der Waals surface area (Å²) in [6.07, 6.45) is 1.76. The van der Waals surface area contributed by atoms with Gasteiger partial charge in [-0.3, -0.25) is 0 Å². The van der Waals surface area contributed by atoms with E-state index in [1.807, 2.05) is 6.07 Å². The summed E-state index contributed by atoms with van der Waals surface area (Å²) in [7, 11) is -1.87. The average Bonchev–Trinajstić information content (AvgIpc) is 3.14. The van der Waals surface area contributed by atoms with Crippen molar-refractivity contribution in [2.24, 2.45) is 0 Å². The summed E-state index contributed by atoms with van der Waals surface area (Å²) >= 11 is 1.31. The van der Waals surface area contributed by atoms with Crippen LogP contribution in [0.5, 0.6) is 5.75 Å². The van der Waals surface area contributed by atoms with Crippen LogP contribution in [-0.2, 0) is 15.6 Å². The second-order valence-corrected chi connectivity index (χ2v) is 9.76. The fourth-order valence-corrected chi connectivity index (χ4v) is 6.05. The van der Waals surface area contributed by atoms with Gasteiger partial charge in [0.1, 0.15) is 15.8 Å². The Morgan fingerprint density at radius 3 is 2.75 bits per heavy atom. The van der Waals surface area contributed by atoms with Gasteiger partial charge in [-0.2, -0.15) is 0 Å². The number of piperazine rings is 1. The van der Waals surface area contributed by atoms with Gasteiger partial charge >= 0.3 is 0 Å². The summed E-state index contributed by atoms with van der Waals surface area (Å²) in [6, 6.07) is 10.8. The molecule has 0 aliphatic carbocycles. The van der Waals surface area contributed by atoms with Crippen molar-refractivity contribution >= 4 is 49.5 Å². The highest BCUT2D eigenvalue weighted by Gasteiger charge is 2.22. The monoisotopic (exact) mass is 439 g/mol. The smallest absolute Gasteiger partial charge is 0.191 e. The zero-order chi connectivity index (χ0) is 18.9. The van der Waals surface area contributed by atoms with Crippen LogP contribution in [0.3, 0.4) is 0 Å². The zero-order valence-corrected chi connectivity index (χ0v) is 17.9. The molecule has 0 amide bonds. The van der Waals surface area contributed by atoms with Crippen LogP contribution in [0.1, 0.15) is 5.56 Å². The van der Waals surface area contributed by atoms with Crippen LogP contribution < -0.4 is 15.0 Å². The topological polar surface area (TPSA) is 71.5 Å². The third kappa shape index (κ3) is 4.25. The van der Waals surface area contributed by atoms with Crippen molar-refractivity contribution in [1.82, 2.24) is 10.3 Å². The molecule has 0 atom stereocenters. The number of halogens is 1. The number of sulfone groups is 1. The number of nitrogens with zero attached hydrogens (tertiary/aromatic N) is 2. The minimum Gasteiger partial charge on any atom is -0.497 e. The zero-order valence-electron chi connectivity index (χ0n) is 15.4. The lowest BCUT2D eigenvalue weighted by Crippen LogP contribution is -2.43. The molecule has 9 heteroatoms. The van der Waals surface area contributed by atoms with Gasteiger partial charge in [0.2, 0.25) is 0 Å². The summed E-state index contributed by atoms with van der Waals surface area (Å²) < 4.78 is 32.5. The second kappa shape index (κ2) is 8.65. The quantitative estimate of drug-likeness (QED) is 0.658. The van der Waals surface area contributed by atoms with Crippen LogP contribution >= 0.6 is 23.7 Å². The second-order valence-electron chi connectivity index (χ2n) is 6.46. The van der Waals surface area contributed by atoms with Gasteiger partial charge in [-0.1, -0.05) is 12.1 Å². The summed E-state index contributed by atoms with van der Waals surface area (Å²) in [5.74, 6) is 1.48. The summed E-state index contributed by atoms with van der Waals surface area (Å²) in [5, 5.41) is 4.24. The molecule has 28 heavy (non-hydrogen) atoms. The van der Waals surface area contributed by atoms with E-state index in [1.165, 1.54) is 11.3 Å². The minimum atomic E-state index is -3.44. The standard InChI is InChI=1S/C19H21N3O3S2.ClH/c1-25-15-4-2-3-14(11-15)13-27(23,24)18-12-16-17(26-18)5-6-21-19(16)22-9-7-20-8-10-22;/h2-6,11-12,20H,7-10,13H2,1H3;1H. The largest absolute Gasteiger partial charge is 0.497 e. The maximum absolute atomic E-state index is 13.0. The van der Waals surface area contributed by atoms with Crippen LogP contribution in [0.25, 0.3) is 10.1 Å². The number of hydrogen-bond donors (Lipinski definition) is 1. The average molecular weight is 440 g/mol. The number of methoxy groups -OCH3 is 1. The third-order valence-corrected chi connectivity index (χ3v) is 7.97. The van der Waals surface area contributed by atoms with Gasteiger partial charge < -0.3 is 15.0 Å². The molecule has 2 aromatic heterocycles. The molecule has 0 bridgehead atoms. The van der Waals surface area contributed by atoms with E-state index in [1.54, 1.807) is 43.6 Å². The first-order chi connectivity index (χ1) is 13.1. The number of fused-ring (bicyclic) bond motifs is 1. The molecule has 3 heterocycles. The Kier molecular flexibility index (Phi) is 6.44. The van der Waals surface area contributed by atoms with E-state index in [0.29, 0.717) is 15.5 Å². The Labute approximate surface area is 174 Å². The van der Waals surface area contributed by atoms with E-state index in [4.69, 9.17) is 4.74 Å². The number of thiophene rings is 1. The number of nitrogens with one attached hydrogen (secondary N) is 1. The maximum Gasteiger partial charge on any atom is 0.191 e. The normalized spacial score (nSPS) is 14.7. The van der Waals surface area contributed by atoms with Crippen LogP contribution in [-0.4, -0.2) is 46.7 Å². The Balaban J connectivity index is 0.00000225. The molecule has 4 rings (SSSR count). The molecule has 3 aromatic rings. The van der Waals surface area contributed by atoms with Gasteiger partial charge in [0.05, 0.1) is 12.9 Å². The molecule has 1 saturated heterocycles. The molecule has 0 spiro atoms. The van der Waals surface area contributed by atoms with Gasteiger partial charge in [0.25, 0.3) is 0 Å². The lowest BCUT2D eigenvalue weighted by atomic mass is 10.2. The number of anilines is 1. The van der Waals surface area contributed by atoms with E-state index >= 15 is 0 Å². The number of aromatic nitrogens is 1. The molecule has 1 fully saturated rings. The number of rotatable bonds is 5. The summed E-state index contributed by atoms with van der Waals surface area (Å²) in [5.41, 5.74) is 0.715. The first kappa shape index (κ1) is 20.9. The van der Waals surface area contributed by atoms with Gasteiger partial charge in [-0.25, -0.2) is 13.4 Å². The lowest BCUT2D eigenvalue weighted by Gasteiger charge is -2.28. The molecule has 0 unspecified atom stereocenters. The maximum atomic E-state index is 13.0. The molecule has 0 radical (unpaired) electrons. The molecule has 1 N–H and O–H groups in total. The highest BCUT2D eigenvalue weighted by Crippen LogP contribution is 2.35. The molecule has 6 nitrogen and oxygen atoms in total. The Bertz CT molecular complexity index is 1060. The van der Waals surface area contributed by atoms with E-state index in [9.17, 15) is 8.42 Å². The number of hydrogen-bond acceptors (Lipinski definition) is 7. The SMILES string of the molecule is COc1cccc(CS(=O)(=O)c2cc3c(N4CCNCC4)nccc3s2)c1.Cl. The molecule has 1 aromatic carbocycles. The van der Waals surface area contributed by atoms with Gasteiger partial charge in [-0.05, 0) is 29.8 Å². The van der Waals surface area contributed by atoms with Gasteiger partial charge in [0, 0.05) is 42.5 Å². The van der Waals surface area contributed by atoms with E-state index < -0.39 is 9.84 Å². The first-order valence-corrected chi connectivity index (χ1v) is 11.2. The Morgan fingerprint density at radius 2 is 2.00 bits per heavy atom. The number of pyridine rings is 1. The van der Waals surface area contributed by atoms with E-state index in [-0.39, 0.29) is 18.2 Å². The Morgan fingerprint density at radius 1 is 1.21 bits per heavy atom. The highest BCUT2D eigenvalue weighted by molar-refractivity contribution is 7.92. The van der Waals surface area contributed by atoms with Crippen LogP contribution in [0.2, 0.25) is 0 Å². The third-order valence-electron chi connectivity index (χ3n) is 4.62. The number of ether oxygens (including phenoxy) is 1. The minimum absolute atomic E-state index is 0. The predicted octanol–water partition coefficient (Wildman–Crippen LogP) is 3.11. The lowest BCUT2D eigenvalue weighted by molar-refractivity contribution is 0.414. The molecule has 1 aliphatic heterocycles. The van der Waals surface area contributed by atoms with Crippen LogP contribution in [0.15, 0.2) is 46.8 Å². The first-order valence-electron chi connectivity index (χ1n) is 8.77. The molecule has 150 valence electrons. The van der Waals surface area contributed by atoms with Crippen LogP contribution in [0.4, 0.5) is 5.82 Å². The summed E-state index contributed by atoms with van der Waals surface area (Å²) in [4.78, 5) is 6.74. The van der Waals surface area contributed by atoms with Crippen molar-refractivity contribution in [2.45, 2.75) is 9.96 Å². The molecular weight excluding hydrogens is 418 g/mol. The molecule has 1 aliphatic rings. The van der Waals surface area contributed by atoms with Crippen molar-refractivity contribution in [1.29, 1.82) is 0 Å². The summed E-state index contributed by atoms with van der Waals surface area (Å²) in [6.45, 7) is 3.55. The highest BCUT2D eigenvalue weighted by atomic mass is 35.5. The van der Waals surface area contributed by atoms with Crippen molar-refractivity contribution in [3.8, 4) is 5.75 Å². The fraction of sp³-hybridized carbons (Fsp3) is 0.316. The van der Waals surface area contributed by atoms with Crippen molar-refractivity contribution in [3.05, 3.63) is 48.2 Å². The van der Waals surface area contributed by atoms with E-state index in [2.05, 4.69) is 15.2 Å². The molecular formula is C19H22ClN3O3S2. The van der Waals surface area contributed by atoms with Crippen LogP contribution in [0, 0.1) is 0 Å². The Hall–Kier alpha value is -1.87. The van der Waals surface area contributed by atoms with Crippen molar-refractivity contribution in [3.63, 3.8) is 0 Å². The van der Waals surface area contributed by atoms with Crippen molar-refractivity contribution < 1.29 is 13.2 Å². The predicted molar refractivity (Wildman–Crippen MR) is 116 cm³/mol. The van der Waals surface area contributed by atoms with E-state index in [0.717, 1.165) is 42.1 Å². The van der Waals surface area contributed by atoms with Gasteiger partial charge in [-0.15, -0.1) is 23.7 Å². The fourth-order valence-electron chi connectivity index (χ4n) is 3.26. The number of benzene rings is 1. The van der Waals surface area contributed by atoms with Crippen molar-refractivity contribution in [2.75, 3.05) is 38.2 Å². The van der Waals surface area contributed by atoms with Gasteiger partial charge in [0.15, 0.2) is 9.84 Å².